The van der Waals surface area contributed by atoms with Crippen molar-refractivity contribution in [2.75, 3.05) is 26.7 Å². The van der Waals surface area contributed by atoms with Gasteiger partial charge in [-0.25, -0.2) is 4.39 Å². The van der Waals surface area contributed by atoms with Gasteiger partial charge in [-0.1, -0.05) is 12.1 Å². The van der Waals surface area contributed by atoms with E-state index in [1.807, 2.05) is 24.1 Å². The topological polar surface area (TPSA) is 73.7 Å². The Morgan fingerprint density at radius 2 is 1.85 bits per heavy atom. The molecule has 1 aromatic heterocycles. The molecule has 2 heterocycles. The number of carboxylic acid groups (broad SMARTS) is 1. The number of nitrogens with zero attached hydrogens (tertiary/aromatic N) is 3. The number of halogens is 1. The Bertz CT molecular complexity index is 798. The number of rotatable bonds is 6. The predicted molar refractivity (Wildman–Crippen MR) is 97.4 cm³/mol. The molecule has 7 heteroatoms. The van der Waals surface area contributed by atoms with E-state index in [0.717, 1.165) is 11.1 Å². The van der Waals surface area contributed by atoms with Crippen molar-refractivity contribution in [1.29, 1.82) is 0 Å². The van der Waals surface area contributed by atoms with E-state index in [1.54, 1.807) is 29.4 Å². The molecule has 0 spiro atoms. The molecule has 0 bridgehead atoms. The molecule has 0 aliphatic carbocycles. The minimum absolute atomic E-state index is 0.109. The summed E-state index contributed by atoms with van der Waals surface area (Å²) in [7, 11) is 1.85. The zero-order valence-electron chi connectivity index (χ0n) is 15.1. The van der Waals surface area contributed by atoms with E-state index in [-0.39, 0.29) is 30.7 Å². The largest absolute Gasteiger partial charge is 0.481 e. The second-order valence-electron chi connectivity index (χ2n) is 6.93. The van der Waals surface area contributed by atoms with E-state index < -0.39 is 11.9 Å². The fourth-order valence-corrected chi connectivity index (χ4v) is 3.49. The highest BCUT2D eigenvalue weighted by atomic mass is 19.1. The highest BCUT2D eigenvalue weighted by Crippen LogP contribution is 2.33. The normalized spacial score (nSPS) is 19.4. The fraction of sp³-hybridized carbons (Fsp3) is 0.350. The molecule has 1 aliphatic rings. The van der Waals surface area contributed by atoms with Crippen LogP contribution in [0.4, 0.5) is 4.39 Å². The van der Waals surface area contributed by atoms with Gasteiger partial charge in [0.05, 0.1) is 12.5 Å². The highest BCUT2D eigenvalue weighted by Gasteiger charge is 2.40. The molecule has 1 N–H and O–H groups in total. The Morgan fingerprint density at radius 1 is 1.19 bits per heavy atom. The first-order chi connectivity index (χ1) is 12.9. The van der Waals surface area contributed by atoms with E-state index in [1.165, 1.54) is 12.1 Å². The molecule has 1 saturated heterocycles. The van der Waals surface area contributed by atoms with Crippen LogP contribution < -0.4 is 0 Å². The Labute approximate surface area is 157 Å². The SMILES string of the molecule is CN(CC(=O)N1C[C@H](C(=O)O)[C@@H](c2ccc(F)cc2)C1)Cc1ccncc1. The van der Waals surface area contributed by atoms with Gasteiger partial charge in [-0.15, -0.1) is 0 Å². The third-order valence-electron chi connectivity index (χ3n) is 4.89. The van der Waals surface area contributed by atoms with Crippen LogP contribution in [-0.4, -0.2) is 58.4 Å². The summed E-state index contributed by atoms with van der Waals surface area (Å²) < 4.78 is 13.2. The maximum atomic E-state index is 13.2. The van der Waals surface area contributed by atoms with Gasteiger partial charge in [0.2, 0.25) is 5.91 Å². The van der Waals surface area contributed by atoms with Gasteiger partial charge < -0.3 is 10.0 Å². The number of hydrogen-bond acceptors (Lipinski definition) is 4. The van der Waals surface area contributed by atoms with Crippen molar-refractivity contribution in [3.05, 3.63) is 65.7 Å². The van der Waals surface area contributed by atoms with Crippen LogP contribution in [0.15, 0.2) is 48.8 Å². The van der Waals surface area contributed by atoms with Gasteiger partial charge in [-0.2, -0.15) is 0 Å². The Hall–Kier alpha value is -2.80. The van der Waals surface area contributed by atoms with E-state index in [9.17, 15) is 19.1 Å². The number of pyridine rings is 1. The van der Waals surface area contributed by atoms with Gasteiger partial charge in [-0.05, 0) is 42.4 Å². The maximum Gasteiger partial charge on any atom is 0.308 e. The fourth-order valence-electron chi connectivity index (χ4n) is 3.49. The third kappa shape index (κ3) is 4.68. The Morgan fingerprint density at radius 3 is 2.48 bits per heavy atom. The van der Waals surface area contributed by atoms with Crippen LogP contribution in [-0.2, 0) is 16.1 Å². The van der Waals surface area contributed by atoms with Crippen LogP contribution >= 0.6 is 0 Å². The number of benzene rings is 1. The molecular formula is C20H22FN3O3. The number of aromatic nitrogens is 1. The van der Waals surface area contributed by atoms with E-state index in [4.69, 9.17) is 0 Å². The lowest BCUT2D eigenvalue weighted by atomic mass is 9.89. The number of hydrogen-bond donors (Lipinski definition) is 1. The molecule has 2 atom stereocenters. The van der Waals surface area contributed by atoms with E-state index in [2.05, 4.69) is 4.98 Å². The zero-order chi connectivity index (χ0) is 19.4. The summed E-state index contributed by atoms with van der Waals surface area (Å²) >= 11 is 0. The van der Waals surface area contributed by atoms with Crippen LogP contribution in [0.5, 0.6) is 0 Å². The van der Waals surface area contributed by atoms with Gasteiger partial charge in [0.25, 0.3) is 0 Å². The first-order valence-corrected chi connectivity index (χ1v) is 8.77. The number of amides is 1. The quantitative estimate of drug-likeness (QED) is 0.841. The number of likely N-dealkylation sites (tertiary alicyclic amines) is 1. The second kappa shape index (κ2) is 8.26. The molecule has 2 aromatic rings. The second-order valence-corrected chi connectivity index (χ2v) is 6.93. The smallest absolute Gasteiger partial charge is 0.308 e. The number of likely N-dealkylation sites (N-methyl/N-ethyl adjacent to an activating group) is 1. The lowest BCUT2D eigenvalue weighted by molar-refractivity contribution is -0.141. The molecule has 3 rings (SSSR count). The summed E-state index contributed by atoms with van der Waals surface area (Å²) in [5.74, 6) is -2.44. The molecule has 142 valence electrons. The van der Waals surface area contributed by atoms with E-state index in [0.29, 0.717) is 13.1 Å². The molecule has 0 radical (unpaired) electrons. The molecule has 1 aliphatic heterocycles. The number of aliphatic carboxylic acids is 1. The van der Waals surface area contributed by atoms with Crippen molar-refractivity contribution in [2.45, 2.75) is 12.5 Å². The molecule has 27 heavy (non-hydrogen) atoms. The Balaban J connectivity index is 1.65. The van der Waals surface area contributed by atoms with Crippen molar-refractivity contribution in [3.63, 3.8) is 0 Å². The van der Waals surface area contributed by atoms with Crippen LogP contribution in [0.1, 0.15) is 17.0 Å². The van der Waals surface area contributed by atoms with Crippen LogP contribution in [0.2, 0.25) is 0 Å². The summed E-state index contributed by atoms with van der Waals surface area (Å²) in [6.45, 7) is 1.29. The number of carboxylic acids is 1. The monoisotopic (exact) mass is 371 g/mol. The molecule has 1 aromatic carbocycles. The van der Waals surface area contributed by atoms with E-state index >= 15 is 0 Å². The molecule has 6 nitrogen and oxygen atoms in total. The third-order valence-corrected chi connectivity index (χ3v) is 4.89. The van der Waals surface area contributed by atoms with Gasteiger partial charge >= 0.3 is 5.97 Å². The summed E-state index contributed by atoms with van der Waals surface area (Å²) in [5, 5.41) is 9.55. The molecule has 1 amide bonds. The standard InChI is InChI=1S/C20H22FN3O3/c1-23(10-14-6-8-22-9-7-14)13-19(25)24-11-17(18(12-24)20(26)27)15-2-4-16(21)5-3-15/h2-9,17-18H,10-13H2,1H3,(H,26,27)/t17-,18+/m1/s1. The average molecular weight is 371 g/mol. The van der Waals surface area contributed by atoms with Crippen molar-refractivity contribution in [1.82, 2.24) is 14.8 Å². The predicted octanol–water partition coefficient (Wildman–Crippen LogP) is 1.98. The zero-order valence-corrected chi connectivity index (χ0v) is 15.1. The lowest BCUT2D eigenvalue weighted by Crippen LogP contribution is -2.38. The first kappa shape index (κ1) is 19.0. The minimum Gasteiger partial charge on any atom is -0.481 e. The average Bonchev–Trinajstić information content (AvgIpc) is 3.09. The van der Waals surface area contributed by atoms with Crippen LogP contribution in [0.25, 0.3) is 0 Å². The summed E-state index contributed by atoms with van der Waals surface area (Å²) in [5.41, 5.74) is 1.79. The number of carbonyl (C=O) groups excluding carboxylic acids is 1. The Kier molecular flexibility index (Phi) is 5.81. The highest BCUT2D eigenvalue weighted by molar-refractivity contribution is 5.81. The van der Waals surface area contributed by atoms with Gasteiger partial charge in [0.15, 0.2) is 0 Å². The minimum atomic E-state index is -0.940. The summed E-state index contributed by atoms with van der Waals surface area (Å²) in [6, 6.07) is 9.62. The maximum absolute atomic E-state index is 13.2. The van der Waals surface area contributed by atoms with Gasteiger partial charge in [0, 0.05) is 37.9 Å². The van der Waals surface area contributed by atoms with Gasteiger partial charge in [-0.3, -0.25) is 19.5 Å². The summed E-state index contributed by atoms with van der Waals surface area (Å²) in [6.07, 6.45) is 3.41. The number of carbonyl (C=O) groups is 2. The van der Waals surface area contributed by atoms with Crippen molar-refractivity contribution in [3.8, 4) is 0 Å². The van der Waals surface area contributed by atoms with Crippen LogP contribution in [0.3, 0.4) is 0 Å². The molecule has 0 unspecified atom stereocenters. The van der Waals surface area contributed by atoms with Crippen molar-refractivity contribution < 1.29 is 19.1 Å². The first-order valence-electron chi connectivity index (χ1n) is 8.77. The van der Waals surface area contributed by atoms with Crippen molar-refractivity contribution in [2.24, 2.45) is 5.92 Å². The van der Waals surface area contributed by atoms with Crippen LogP contribution in [0, 0.1) is 11.7 Å². The molecule has 1 fully saturated rings. The van der Waals surface area contributed by atoms with Crippen molar-refractivity contribution >= 4 is 11.9 Å². The molecular weight excluding hydrogens is 349 g/mol. The summed E-state index contributed by atoms with van der Waals surface area (Å²) in [4.78, 5) is 31.8. The van der Waals surface area contributed by atoms with Gasteiger partial charge in [0.1, 0.15) is 5.82 Å². The lowest BCUT2D eigenvalue weighted by Gasteiger charge is -2.21. The molecule has 0 saturated carbocycles.